The molecule has 136 valence electrons. The maximum atomic E-state index is 12.3. The molecule has 0 saturated carbocycles. The molecule has 1 aromatic carbocycles. The fourth-order valence-electron chi connectivity index (χ4n) is 2.24. The molecule has 2 N–H and O–H groups in total. The van der Waals surface area contributed by atoms with Crippen molar-refractivity contribution < 1.29 is 19.4 Å². The monoisotopic (exact) mass is 347 g/mol. The van der Waals surface area contributed by atoms with Gasteiger partial charge >= 0.3 is 0 Å². The third-order valence-corrected chi connectivity index (χ3v) is 3.73. The van der Waals surface area contributed by atoms with Crippen LogP contribution in [0, 0.1) is 11.3 Å². The smallest absolute Gasteiger partial charge is 0.263 e. The van der Waals surface area contributed by atoms with E-state index in [4.69, 9.17) is 14.6 Å². The molecule has 1 unspecified atom stereocenters. The molecule has 7 heteroatoms. The SMILES string of the molecule is CCN(/C=C(/C#N)C(=O)NC(C)c1ccc(OC)c(OC)c1)CCO. The van der Waals surface area contributed by atoms with Gasteiger partial charge in [0.15, 0.2) is 11.5 Å². The quantitative estimate of drug-likeness (QED) is 0.520. The average molecular weight is 347 g/mol. The Labute approximate surface area is 148 Å². The largest absolute Gasteiger partial charge is 0.493 e. The van der Waals surface area contributed by atoms with Crippen LogP contribution in [0.2, 0.25) is 0 Å². The van der Waals surface area contributed by atoms with Crippen molar-refractivity contribution in [2.75, 3.05) is 33.9 Å². The average Bonchev–Trinajstić information content (AvgIpc) is 2.64. The van der Waals surface area contributed by atoms with Crippen molar-refractivity contribution >= 4 is 5.91 Å². The Kier molecular flexibility index (Phi) is 8.30. The van der Waals surface area contributed by atoms with Crippen molar-refractivity contribution in [2.45, 2.75) is 19.9 Å². The normalized spacial score (nSPS) is 12.1. The van der Waals surface area contributed by atoms with Crippen LogP contribution in [0.25, 0.3) is 0 Å². The molecule has 1 amide bonds. The third-order valence-electron chi connectivity index (χ3n) is 3.73. The highest BCUT2D eigenvalue weighted by atomic mass is 16.5. The van der Waals surface area contributed by atoms with Crippen LogP contribution in [0.4, 0.5) is 0 Å². The Morgan fingerprint density at radius 3 is 2.60 bits per heavy atom. The molecule has 0 aliphatic heterocycles. The van der Waals surface area contributed by atoms with Crippen molar-refractivity contribution in [3.63, 3.8) is 0 Å². The fourth-order valence-corrected chi connectivity index (χ4v) is 2.24. The second kappa shape index (κ2) is 10.2. The zero-order valence-electron chi connectivity index (χ0n) is 15.1. The van der Waals surface area contributed by atoms with Gasteiger partial charge in [-0.2, -0.15) is 5.26 Å². The van der Waals surface area contributed by atoms with E-state index in [0.29, 0.717) is 24.6 Å². The third kappa shape index (κ3) is 5.69. The number of nitrogens with one attached hydrogen (secondary N) is 1. The summed E-state index contributed by atoms with van der Waals surface area (Å²) in [5, 5.41) is 21.0. The zero-order chi connectivity index (χ0) is 18.8. The lowest BCUT2D eigenvalue weighted by Crippen LogP contribution is -2.30. The number of amides is 1. The van der Waals surface area contributed by atoms with Crippen molar-refractivity contribution in [3.8, 4) is 17.6 Å². The number of nitrogens with zero attached hydrogens (tertiary/aromatic N) is 2. The topological polar surface area (TPSA) is 94.8 Å². The molecule has 0 heterocycles. The van der Waals surface area contributed by atoms with E-state index in [1.165, 1.54) is 6.20 Å². The van der Waals surface area contributed by atoms with Gasteiger partial charge in [0.25, 0.3) is 5.91 Å². The van der Waals surface area contributed by atoms with Crippen molar-refractivity contribution in [3.05, 3.63) is 35.5 Å². The highest BCUT2D eigenvalue weighted by molar-refractivity contribution is 5.97. The summed E-state index contributed by atoms with van der Waals surface area (Å²) in [5.41, 5.74) is 0.814. The number of nitriles is 1. The van der Waals surface area contributed by atoms with Crippen LogP contribution in [0.15, 0.2) is 30.0 Å². The van der Waals surface area contributed by atoms with Gasteiger partial charge in [-0.05, 0) is 31.5 Å². The Morgan fingerprint density at radius 1 is 1.40 bits per heavy atom. The minimum absolute atomic E-state index is 0.0115. The maximum Gasteiger partial charge on any atom is 0.263 e. The van der Waals surface area contributed by atoms with E-state index in [-0.39, 0.29) is 18.2 Å². The number of aliphatic hydroxyl groups is 1. The second-order valence-electron chi connectivity index (χ2n) is 5.32. The zero-order valence-corrected chi connectivity index (χ0v) is 15.1. The lowest BCUT2D eigenvalue weighted by molar-refractivity contribution is -0.117. The highest BCUT2D eigenvalue weighted by Crippen LogP contribution is 2.29. The molecule has 1 aromatic rings. The Balaban J connectivity index is 2.91. The molecule has 0 aliphatic carbocycles. The van der Waals surface area contributed by atoms with Gasteiger partial charge in [-0.25, -0.2) is 0 Å². The number of carbonyl (C=O) groups excluding carboxylic acids is 1. The number of hydrogen-bond acceptors (Lipinski definition) is 6. The number of hydrogen-bond donors (Lipinski definition) is 2. The Bertz CT molecular complexity index is 652. The summed E-state index contributed by atoms with van der Waals surface area (Å²) >= 11 is 0. The molecule has 0 aliphatic rings. The Hall–Kier alpha value is -2.72. The van der Waals surface area contributed by atoms with Gasteiger partial charge < -0.3 is 24.8 Å². The summed E-state index contributed by atoms with van der Waals surface area (Å²) in [5.74, 6) is 0.698. The molecule has 1 atom stereocenters. The first kappa shape index (κ1) is 20.3. The molecule has 1 rings (SSSR count). The number of methoxy groups -OCH3 is 2. The molecular weight excluding hydrogens is 322 g/mol. The summed E-state index contributed by atoms with van der Waals surface area (Å²) in [4.78, 5) is 14.1. The van der Waals surface area contributed by atoms with Crippen molar-refractivity contribution in [2.24, 2.45) is 0 Å². The van der Waals surface area contributed by atoms with Gasteiger partial charge in [0.2, 0.25) is 0 Å². The van der Waals surface area contributed by atoms with Crippen LogP contribution in [0.3, 0.4) is 0 Å². The maximum absolute atomic E-state index is 12.3. The molecule has 7 nitrogen and oxygen atoms in total. The van der Waals surface area contributed by atoms with E-state index in [2.05, 4.69) is 5.32 Å². The van der Waals surface area contributed by atoms with Gasteiger partial charge in [-0.1, -0.05) is 6.07 Å². The first-order valence-electron chi connectivity index (χ1n) is 8.00. The predicted octanol–water partition coefficient (Wildman–Crippen LogP) is 1.60. The minimum Gasteiger partial charge on any atom is -0.493 e. The summed E-state index contributed by atoms with van der Waals surface area (Å²) in [6, 6.07) is 6.95. The van der Waals surface area contributed by atoms with Crippen LogP contribution in [0.1, 0.15) is 25.5 Å². The van der Waals surface area contributed by atoms with Gasteiger partial charge in [0.1, 0.15) is 11.6 Å². The molecule has 0 aromatic heterocycles. The van der Waals surface area contributed by atoms with E-state index < -0.39 is 5.91 Å². The Morgan fingerprint density at radius 2 is 2.08 bits per heavy atom. The van der Waals surface area contributed by atoms with Gasteiger partial charge in [-0.3, -0.25) is 4.79 Å². The number of benzene rings is 1. The van der Waals surface area contributed by atoms with Crippen LogP contribution < -0.4 is 14.8 Å². The number of rotatable bonds is 9. The molecule has 0 fully saturated rings. The number of aliphatic hydroxyl groups excluding tert-OH is 1. The fraction of sp³-hybridized carbons (Fsp3) is 0.444. The standard InChI is InChI=1S/C18H25N3O4/c1-5-21(8-9-22)12-15(11-19)18(23)20-13(2)14-6-7-16(24-3)17(10-14)25-4/h6-7,10,12-13,22H,5,8-9H2,1-4H3,(H,20,23)/b15-12-. The highest BCUT2D eigenvalue weighted by Gasteiger charge is 2.16. The number of carbonyl (C=O) groups is 1. The first-order valence-corrected chi connectivity index (χ1v) is 8.00. The van der Waals surface area contributed by atoms with Crippen molar-refractivity contribution in [1.82, 2.24) is 10.2 Å². The van der Waals surface area contributed by atoms with Gasteiger partial charge in [-0.15, -0.1) is 0 Å². The lowest BCUT2D eigenvalue weighted by Gasteiger charge is -2.19. The van der Waals surface area contributed by atoms with Gasteiger partial charge in [0.05, 0.1) is 26.9 Å². The lowest BCUT2D eigenvalue weighted by atomic mass is 10.1. The van der Waals surface area contributed by atoms with Crippen molar-refractivity contribution in [1.29, 1.82) is 5.26 Å². The van der Waals surface area contributed by atoms with Crippen LogP contribution in [-0.2, 0) is 4.79 Å². The minimum atomic E-state index is -0.471. The molecule has 0 spiro atoms. The van der Waals surface area contributed by atoms with E-state index in [1.54, 1.807) is 31.3 Å². The molecular formula is C18H25N3O4. The molecule has 25 heavy (non-hydrogen) atoms. The molecule has 0 radical (unpaired) electrons. The summed E-state index contributed by atoms with van der Waals surface area (Å²) in [7, 11) is 3.10. The summed E-state index contributed by atoms with van der Waals surface area (Å²) in [6.45, 7) is 4.60. The van der Waals surface area contributed by atoms with Gasteiger partial charge in [0, 0.05) is 19.3 Å². The summed E-state index contributed by atoms with van der Waals surface area (Å²) < 4.78 is 10.5. The van der Waals surface area contributed by atoms with E-state index in [9.17, 15) is 10.1 Å². The van der Waals surface area contributed by atoms with E-state index in [1.807, 2.05) is 26.0 Å². The van der Waals surface area contributed by atoms with Crippen LogP contribution >= 0.6 is 0 Å². The van der Waals surface area contributed by atoms with Crippen LogP contribution in [-0.4, -0.2) is 49.8 Å². The van der Waals surface area contributed by atoms with Crippen LogP contribution in [0.5, 0.6) is 11.5 Å². The van der Waals surface area contributed by atoms with E-state index in [0.717, 1.165) is 5.56 Å². The number of likely N-dealkylation sites (N-methyl/N-ethyl adjacent to an activating group) is 1. The number of ether oxygens (including phenoxy) is 2. The van der Waals surface area contributed by atoms with E-state index >= 15 is 0 Å². The predicted molar refractivity (Wildman–Crippen MR) is 94.1 cm³/mol. The first-order chi connectivity index (χ1) is 12.0. The second-order valence-corrected chi connectivity index (χ2v) is 5.32. The molecule has 0 saturated heterocycles. The molecule has 0 bridgehead atoms. The summed E-state index contributed by atoms with van der Waals surface area (Å²) in [6.07, 6.45) is 1.47.